The Labute approximate surface area is 201 Å². The molecule has 0 bridgehead atoms. The van der Waals surface area contributed by atoms with Crippen molar-refractivity contribution in [1.29, 1.82) is 0 Å². The standard InChI is InChI=1S/C26H25N3O6/c1-15(30)16-9-11-18(12-10-16)27-25(31)28-21-13-33-24-22(14-34-23(21)24)35-26(32)29-20-8-4-6-17-5-2-3-7-19(17)20/h2-12,21-24H,13-14H2,1H3,(H,29,32)(H2,27,28,31)/t21-,22+,23+,24+/m0/s1. The van der Waals surface area contributed by atoms with Gasteiger partial charge in [0.05, 0.1) is 24.9 Å². The quantitative estimate of drug-likeness (QED) is 0.482. The summed E-state index contributed by atoms with van der Waals surface area (Å²) < 4.78 is 17.2. The highest BCUT2D eigenvalue weighted by Gasteiger charge is 2.50. The fourth-order valence-corrected chi connectivity index (χ4v) is 4.42. The Morgan fingerprint density at radius 1 is 0.857 bits per heavy atom. The summed E-state index contributed by atoms with van der Waals surface area (Å²) in [7, 11) is 0. The van der Waals surface area contributed by atoms with Gasteiger partial charge in [0.1, 0.15) is 12.2 Å². The molecule has 180 valence electrons. The third kappa shape index (κ3) is 4.96. The van der Waals surface area contributed by atoms with E-state index in [1.165, 1.54) is 6.92 Å². The maximum absolute atomic E-state index is 12.6. The molecule has 3 N–H and O–H groups in total. The molecule has 5 rings (SSSR count). The fourth-order valence-electron chi connectivity index (χ4n) is 4.42. The van der Waals surface area contributed by atoms with E-state index in [2.05, 4.69) is 16.0 Å². The van der Waals surface area contributed by atoms with Crippen molar-refractivity contribution in [3.8, 4) is 0 Å². The third-order valence-electron chi connectivity index (χ3n) is 6.16. The zero-order valence-corrected chi connectivity index (χ0v) is 19.0. The van der Waals surface area contributed by atoms with Crippen LogP contribution in [0.2, 0.25) is 0 Å². The number of urea groups is 1. The van der Waals surface area contributed by atoms with Crippen LogP contribution in [0.5, 0.6) is 0 Å². The molecular formula is C26H25N3O6. The number of hydrogen-bond acceptors (Lipinski definition) is 6. The molecule has 3 amide bonds. The number of anilines is 2. The van der Waals surface area contributed by atoms with Gasteiger partial charge in [-0.1, -0.05) is 36.4 Å². The smallest absolute Gasteiger partial charge is 0.412 e. The molecule has 2 saturated heterocycles. The summed E-state index contributed by atoms with van der Waals surface area (Å²) in [6.07, 6.45) is -2.10. The van der Waals surface area contributed by atoms with E-state index < -0.39 is 36.5 Å². The minimum atomic E-state index is -0.595. The molecule has 35 heavy (non-hydrogen) atoms. The van der Waals surface area contributed by atoms with Gasteiger partial charge in [-0.05, 0) is 42.6 Å². The van der Waals surface area contributed by atoms with Crippen molar-refractivity contribution in [3.05, 3.63) is 72.3 Å². The van der Waals surface area contributed by atoms with E-state index in [0.717, 1.165) is 10.8 Å². The molecule has 2 fully saturated rings. The van der Waals surface area contributed by atoms with E-state index in [9.17, 15) is 14.4 Å². The summed E-state index contributed by atoms with van der Waals surface area (Å²) in [6, 6.07) is 19.2. The molecule has 0 spiro atoms. The van der Waals surface area contributed by atoms with E-state index in [1.54, 1.807) is 24.3 Å². The maximum Gasteiger partial charge on any atom is 0.412 e. The van der Waals surface area contributed by atoms with Crippen LogP contribution in [-0.2, 0) is 14.2 Å². The van der Waals surface area contributed by atoms with Crippen LogP contribution in [0.3, 0.4) is 0 Å². The number of nitrogens with one attached hydrogen (secondary N) is 3. The number of ketones is 1. The summed E-state index contributed by atoms with van der Waals surface area (Å²) in [6.45, 7) is 1.89. The van der Waals surface area contributed by atoms with Crippen LogP contribution in [0.4, 0.5) is 21.0 Å². The van der Waals surface area contributed by atoms with Gasteiger partial charge in [-0.2, -0.15) is 0 Å². The molecule has 2 heterocycles. The lowest BCUT2D eigenvalue weighted by Gasteiger charge is -2.18. The molecule has 2 aliphatic heterocycles. The van der Waals surface area contributed by atoms with Gasteiger partial charge in [0.2, 0.25) is 0 Å². The second-order valence-corrected chi connectivity index (χ2v) is 8.53. The molecule has 0 aromatic heterocycles. The first-order valence-electron chi connectivity index (χ1n) is 11.3. The number of hydrogen-bond donors (Lipinski definition) is 3. The van der Waals surface area contributed by atoms with Gasteiger partial charge >= 0.3 is 12.1 Å². The van der Waals surface area contributed by atoms with Gasteiger partial charge in [0.25, 0.3) is 0 Å². The number of rotatable bonds is 5. The van der Waals surface area contributed by atoms with Gasteiger partial charge in [-0.3, -0.25) is 10.1 Å². The van der Waals surface area contributed by atoms with Crippen LogP contribution in [0.15, 0.2) is 66.7 Å². The highest BCUT2D eigenvalue weighted by Crippen LogP contribution is 2.30. The number of Topliss-reactive ketones (excluding diaryl/α,β-unsaturated/α-hetero) is 1. The van der Waals surface area contributed by atoms with Crippen molar-refractivity contribution in [2.24, 2.45) is 0 Å². The van der Waals surface area contributed by atoms with Crippen molar-refractivity contribution < 1.29 is 28.6 Å². The van der Waals surface area contributed by atoms with Crippen LogP contribution in [0.1, 0.15) is 17.3 Å². The molecule has 9 nitrogen and oxygen atoms in total. The number of ether oxygens (including phenoxy) is 3. The van der Waals surface area contributed by atoms with Gasteiger partial charge in [0, 0.05) is 16.6 Å². The molecule has 3 aromatic rings. The molecule has 9 heteroatoms. The van der Waals surface area contributed by atoms with Crippen molar-refractivity contribution in [1.82, 2.24) is 5.32 Å². The highest BCUT2D eigenvalue weighted by molar-refractivity contribution is 6.00. The van der Waals surface area contributed by atoms with Crippen LogP contribution >= 0.6 is 0 Å². The number of carbonyl (C=O) groups excluding carboxylic acids is 3. The molecule has 4 atom stereocenters. The maximum atomic E-state index is 12.6. The summed E-state index contributed by atoms with van der Waals surface area (Å²) >= 11 is 0. The minimum absolute atomic E-state index is 0.0453. The Kier molecular flexibility index (Phi) is 6.35. The summed E-state index contributed by atoms with van der Waals surface area (Å²) in [4.78, 5) is 36.4. The van der Waals surface area contributed by atoms with Crippen LogP contribution in [-0.4, -0.2) is 55.5 Å². The highest BCUT2D eigenvalue weighted by atomic mass is 16.6. The average molecular weight is 476 g/mol. The molecule has 3 aromatic carbocycles. The SMILES string of the molecule is CC(=O)c1ccc(NC(=O)N[C@H]2CO[C@H]3[C@@H]2OC[C@H]3OC(=O)Nc2cccc3ccccc23)cc1. The second-order valence-electron chi connectivity index (χ2n) is 8.53. The molecule has 0 radical (unpaired) electrons. The van der Waals surface area contributed by atoms with Crippen LogP contribution in [0, 0.1) is 0 Å². The second kappa shape index (κ2) is 9.73. The van der Waals surface area contributed by atoms with E-state index >= 15 is 0 Å². The first kappa shape index (κ1) is 22.8. The topological polar surface area (TPSA) is 115 Å². The van der Waals surface area contributed by atoms with E-state index in [4.69, 9.17) is 14.2 Å². The monoisotopic (exact) mass is 475 g/mol. The molecular weight excluding hydrogens is 450 g/mol. The lowest BCUT2D eigenvalue weighted by molar-refractivity contribution is 0.00874. The fraction of sp³-hybridized carbons (Fsp3) is 0.269. The number of fused-ring (bicyclic) bond motifs is 2. The van der Waals surface area contributed by atoms with Gasteiger partial charge in [0.15, 0.2) is 11.9 Å². The number of carbonyl (C=O) groups is 3. The van der Waals surface area contributed by atoms with E-state index in [1.807, 2.05) is 42.5 Å². The largest absolute Gasteiger partial charge is 0.441 e. The summed E-state index contributed by atoms with van der Waals surface area (Å²) in [5, 5.41) is 10.3. The Balaban J connectivity index is 1.15. The van der Waals surface area contributed by atoms with Crippen molar-refractivity contribution >= 4 is 40.1 Å². The first-order chi connectivity index (χ1) is 17.0. The zero-order chi connectivity index (χ0) is 24.4. The predicted octanol–water partition coefficient (Wildman–Crippen LogP) is 3.95. The Morgan fingerprint density at radius 2 is 1.60 bits per heavy atom. The lowest BCUT2D eigenvalue weighted by atomic mass is 10.1. The van der Waals surface area contributed by atoms with Gasteiger partial charge < -0.3 is 24.8 Å². The number of benzene rings is 3. The molecule has 0 saturated carbocycles. The number of amides is 3. The van der Waals surface area contributed by atoms with Gasteiger partial charge in [-0.15, -0.1) is 0 Å². The molecule has 0 aliphatic carbocycles. The zero-order valence-electron chi connectivity index (χ0n) is 19.0. The third-order valence-corrected chi connectivity index (χ3v) is 6.16. The minimum Gasteiger partial charge on any atom is -0.441 e. The Morgan fingerprint density at radius 3 is 2.40 bits per heavy atom. The van der Waals surface area contributed by atoms with Crippen molar-refractivity contribution in [3.63, 3.8) is 0 Å². The van der Waals surface area contributed by atoms with Gasteiger partial charge in [-0.25, -0.2) is 9.59 Å². The lowest BCUT2D eigenvalue weighted by Crippen LogP contribution is -2.46. The van der Waals surface area contributed by atoms with Crippen molar-refractivity contribution in [2.45, 2.75) is 31.3 Å². The molecule has 0 unspecified atom stereocenters. The van der Waals surface area contributed by atoms with Crippen molar-refractivity contribution in [2.75, 3.05) is 23.8 Å². The summed E-state index contributed by atoms with van der Waals surface area (Å²) in [5.74, 6) is -0.0453. The van der Waals surface area contributed by atoms with E-state index in [0.29, 0.717) is 16.9 Å². The molecule has 2 aliphatic rings. The first-order valence-corrected chi connectivity index (χ1v) is 11.3. The summed E-state index contributed by atoms with van der Waals surface area (Å²) in [5.41, 5.74) is 1.78. The average Bonchev–Trinajstić information content (AvgIpc) is 3.43. The van der Waals surface area contributed by atoms with Crippen LogP contribution in [0.25, 0.3) is 10.8 Å². The Hall–Kier alpha value is -3.95. The van der Waals surface area contributed by atoms with E-state index in [-0.39, 0.29) is 19.0 Å². The predicted molar refractivity (Wildman–Crippen MR) is 130 cm³/mol. The normalized spacial score (nSPS) is 22.9. The Bertz CT molecular complexity index is 1260. The van der Waals surface area contributed by atoms with Crippen LogP contribution < -0.4 is 16.0 Å².